The second-order valence-corrected chi connectivity index (χ2v) is 1.15. The van der Waals surface area contributed by atoms with Crippen LogP contribution in [-0.4, -0.2) is 19.7 Å². The zero-order valence-corrected chi connectivity index (χ0v) is 5.43. The predicted molar refractivity (Wildman–Crippen MR) is 31.4 cm³/mol. The maximum absolute atomic E-state index is 10.3. The Morgan fingerprint density at radius 2 is 2.33 bits per heavy atom. The van der Waals surface area contributed by atoms with Crippen LogP contribution in [0.25, 0.3) is 0 Å². The second kappa shape index (κ2) is 4.98. The molecule has 0 aliphatic carbocycles. The minimum Gasteiger partial charge on any atom is -0.456 e. The average Bonchev–Trinajstić information content (AvgIpc) is 1.85. The lowest BCUT2D eigenvalue weighted by atomic mass is 10.7. The lowest BCUT2D eigenvalue weighted by Gasteiger charge is -1.89. The van der Waals surface area contributed by atoms with Crippen molar-refractivity contribution in [1.82, 2.24) is 0 Å². The van der Waals surface area contributed by atoms with Gasteiger partial charge in [-0.25, -0.2) is 4.79 Å². The Kier molecular flexibility index (Phi) is 4.33. The van der Waals surface area contributed by atoms with Crippen molar-refractivity contribution in [3.63, 3.8) is 0 Å². The van der Waals surface area contributed by atoms with E-state index in [1.165, 1.54) is 7.11 Å². The molecule has 0 unspecified atom stereocenters. The van der Waals surface area contributed by atoms with E-state index in [2.05, 4.69) is 21.5 Å². The normalized spacial score (nSPS) is 6.89. The number of hydrogen-bond acceptors (Lipinski definition) is 3. The monoisotopic (exact) mass is 128 g/mol. The first kappa shape index (κ1) is 7.83. The minimum atomic E-state index is -0.556. The van der Waals surface area contributed by atoms with Gasteiger partial charge in [-0.2, -0.15) is 0 Å². The molecule has 0 radical (unpaired) electrons. The highest BCUT2D eigenvalue weighted by atomic mass is 16.5. The van der Waals surface area contributed by atoms with Crippen molar-refractivity contribution in [3.05, 3.63) is 0 Å². The summed E-state index contributed by atoms with van der Waals surface area (Å²) in [5.41, 5.74) is 0. The first-order chi connectivity index (χ1) is 4.31. The highest BCUT2D eigenvalue weighted by Gasteiger charge is 1.90. The molecule has 0 rings (SSSR count). The number of ether oxygens (including phenoxy) is 2. The van der Waals surface area contributed by atoms with Crippen LogP contribution in [0.3, 0.4) is 0 Å². The van der Waals surface area contributed by atoms with E-state index in [1.807, 2.05) is 0 Å². The number of hydrogen-bond donors (Lipinski definition) is 0. The fourth-order valence-corrected chi connectivity index (χ4v) is 0.260. The maximum atomic E-state index is 10.3. The third-order valence-corrected chi connectivity index (χ3v) is 0.531. The van der Waals surface area contributed by atoms with Crippen LogP contribution in [0, 0.1) is 12.0 Å². The molecule has 0 fully saturated rings. The van der Waals surface area contributed by atoms with Gasteiger partial charge in [0.15, 0.2) is 0 Å². The molecule has 0 heterocycles. The van der Waals surface area contributed by atoms with E-state index < -0.39 is 5.97 Å². The van der Waals surface area contributed by atoms with Gasteiger partial charge >= 0.3 is 5.97 Å². The van der Waals surface area contributed by atoms with Gasteiger partial charge in [-0.15, -0.1) is 0 Å². The van der Waals surface area contributed by atoms with Crippen molar-refractivity contribution >= 4 is 5.97 Å². The minimum absolute atomic E-state index is 0.344. The zero-order valence-electron chi connectivity index (χ0n) is 5.43. The summed E-state index contributed by atoms with van der Waals surface area (Å²) >= 11 is 0. The van der Waals surface area contributed by atoms with E-state index in [-0.39, 0.29) is 0 Å². The lowest BCUT2D eigenvalue weighted by Crippen LogP contribution is -1.99. The number of esters is 1. The summed E-state index contributed by atoms with van der Waals surface area (Å²) in [5, 5.41) is 0. The molecule has 0 aromatic rings. The van der Waals surface area contributed by atoms with Gasteiger partial charge in [-0.05, 0) is 6.92 Å². The Morgan fingerprint density at radius 3 is 2.78 bits per heavy atom. The van der Waals surface area contributed by atoms with E-state index in [0.29, 0.717) is 6.61 Å². The summed E-state index contributed by atoms with van der Waals surface area (Å²) in [6.45, 7) is 2.06. The number of methoxy groups -OCH3 is 1. The zero-order chi connectivity index (χ0) is 7.11. The van der Waals surface area contributed by atoms with Crippen LogP contribution in [0.5, 0.6) is 0 Å². The van der Waals surface area contributed by atoms with Crippen LogP contribution >= 0.6 is 0 Å². The van der Waals surface area contributed by atoms with Gasteiger partial charge in [0.2, 0.25) is 0 Å². The van der Waals surface area contributed by atoms with Crippen LogP contribution in [0.15, 0.2) is 0 Å². The largest absolute Gasteiger partial charge is 0.456 e. The van der Waals surface area contributed by atoms with Crippen molar-refractivity contribution in [1.29, 1.82) is 0 Å². The number of rotatable bonds is 1. The van der Waals surface area contributed by atoms with Gasteiger partial charge in [0.25, 0.3) is 0 Å². The molecule has 0 saturated heterocycles. The highest BCUT2D eigenvalue weighted by molar-refractivity contribution is 5.88. The van der Waals surface area contributed by atoms with Gasteiger partial charge in [0, 0.05) is 0 Å². The van der Waals surface area contributed by atoms with Crippen molar-refractivity contribution < 1.29 is 14.3 Å². The average molecular weight is 128 g/mol. The number of carbonyl (C=O) groups excluding carboxylic acids is 1. The molecule has 0 saturated carbocycles. The molecule has 3 nitrogen and oxygen atoms in total. The summed E-state index contributed by atoms with van der Waals surface area (Å²) in [4.78, 5) is 10.3. The summed E-state index contributed by atoms with van der Waals surface area (Å²) < 4.78 is 8.75. The Labute approximate surface area is 54.0 Å². The molecule has 0 aromatic carbocycles. The molecule has 0 amide bonds. The smallest absolute Gasteiger partial charge is 0.387 e. The van der Waals surface area contributed by atoms with Crippen LogP contribution in [0.4, 0.5) is 0 Å². The molecule has 0 aliphatic heterocycles. The third-order valence-electron chi connectivity index (χ3n) is 0.531. The highest BCUT2D eigenvalue weighted by Crippen LogP contribution is 1.72. The van der Waals surface area contributed by atoms with Gasteiger partial charge in [-0.3, -0.25) is 0 Å². The van der Waals surface area contributed by atoms with Crippen molar-refractivity contribution in [2.75, 3.05) is 13.7 Å². The van der Waals surface area contributed by atoms with E-state index in [9.17, 15) is 4.79 Å². The number of carbonyl (C=O) groups is 1. The topological polar surface area (TPSA) is 35.5 Å². The standard InChI is InChI=1S/C6H8O3/c1-3-9-6(7)4-5-8-2/h3H2,1-2H3. The van der Waals surface area contributed by atoms with E-state index in [4.69, 9.17) is 0 Å². The summed E-state index contributed by atoms with van der Waals surface area (Å²) in [7, 11) is 1.38. The summed E-state index contributed by atoms with van der Waals surface area (Å²) in [5.74, 6) is 1.54. The third kappa shape index (κ3) is 4.69. The quantitative estimate of drug-likeness (QED) is 0.372. The summed E-state index contributed by atoms with van der Waals surface area (Å²) in [6, 6.07) is 0. The molecule has 0 aromatic heterocycles. The first-order valence-electron chi connectivity index (χ1n) is 2.52. The Hall–Kier alpha value is -1.17. The molecule has 0 aliphatic rings. The van der Waals surface area contributed by atoms with E-state index >= 15 is 0 Å². The van der Waals surface area contributed by atoms with Gasteiger partial charge in [0.05, 0.1) is 19.6 Å². The Balaban J connectivity index is 3.49. The SMILES string of the molecule is CCOC(=O)C#COC. The summed E-state index contributed by atoms with van der Waals surface area (Å²) in [6.07, 6.45) is 2.11. The molecule has 0 spiro atoms. The molecule has 0 bridgehead atoms. The Bertz CT molecular complexity index is 140. The van der Waals surface area contributed by atoms with Gasteiger partial charge < -0.3 is 9.47 Å². The fourth-order valence-electron chi connectivity index (χ4n) is 0.260. The van der Waals surface area contributed by atoms with Gasteiger partial charge in [-0.1, -0.05) is 0 Å². The molecule has 0 atom stereocenters. The second-order valence-electron chi connectivity index (χ2n) is 1.15. The van der Waals surface area contributed by atoms with Crippen LogP contribution < -0.4 is 0 Å². The van der Waals surface area contributed by atoms with E-state index in [1.54, 1.807) is 6.92 Å². The molecule has 9 heavy (non-hydrogen) atoms. The lowest BCUT2D eigenvalue weighted by molar-refractivity contribution is -0.136. The van der Waals surface area contributed by atoms with Crippen LogP contribution in [0.2, 0.25) is 0 Å². The Morgan fingerprint density at radius 1 is 1.67 bits per heavy atom. The van der Waals surface area contributed by atoms with Crippen molar-refractivity contribution in [3.8, 4) is 12.0 Å². The van der Waals surface area contributed by atoms with Crippen molar-refractivity contribution in [2.24, 2.45) is 0 Å². The predicted octanol–water partition coefficient (Wildman–Crippen LogP) is 0.157. The van der Waals surface area contributed by atoms with Crippen LogP contribution in [0.1, 0.15) is 6.92 Å². The first-order valence-corrected chi connectivity index (χ1v) is 2.52. The molecular weight excluding hydrogens is 120 g/mol. The maximum Gasteiger partial charge on any atom is 0.387 e. The molecule has 50 valence electrons. The molecular formula is C6H8O3. The van der Waals surface area contributed by atoms with Crippen molar-refractivity contribution in [2.45, 2.75) is 6.92 Å². The van der Waals surface area contributed by atoms with Gasteiger partial charge in [0.1, 0.15) is 6.11 Å². The fraction of sp³-hybridized carbons (Fsp3) is 0.500. The van der Waals surface area contributed by atoms with E-state index in [0.717, 1.165) is 0 Å². The molecule has 3 heteroatoms. The van der Waals surface area contributed by atoms with Crippen LogP contribution in [-0.2, 0) is 14.3 Å². The molecule has 0 N–H and O–H groups in total.